The number of hydrogen-bond acceptors (Lipinski definition) is 5. The number of carbonyl (C=O) groups excluding carboxylic acids is 1. The smallest absolute Gasteiger partial charge is 0.272 e. The summed E-state index contributed by atoms with van der Waals surface area (Å²) in [5.74, 6) is -1.57. The molecule has 5 rings (SSSR count). The van der Waals surface area contributed by atoms with Gasteiger partial charge in [-0.25, -0.2) is 22.2 Å². The lowest BCUT2D eigenvalue weighted by molar-refractivity contribution is 0.0762. The van der Waals surface area contributed by atoms with Crippen LogP contribution in [0.3, 0.4) is 0 Å². The van der Waals surface area contributed by atoms with E-state index in [0.717, 1.165) is 42.5 Å². The van der Waals surface area contributed by atoms with Gasteiger partial charge in [-0.3, -0.25) is 4.79 Å². The van der Waals surface area contributed by atoms with Gasteiger partial charge in [0.05, 0.1) is 23.4 Å². The first kappa shape index (κ1) is 22.0. The molecule has 1 aliphatic heterocycles. The van der Waals surface area contributed by atoms with E-state index in [-0.39, 0.29) is 48.8 Å². The SMILES string of the molecule is Cl.O=C(c1ncc(Nc2ccc(F)c(F)c2)c2c1C1CCC2C1)N1CCS(=O)(=O)CC1. The van der Waals surface area contributed by atoms with E-state index in [1.54, 1.807) is 11.1 Å². The topological polar surface area (TPSA) is 79.4 Å². The molecule has 10 heteroatoms. The molecule has 2 atom stereocenters. The minimum Gasteiger partial charge on any atom is -0.354 e. The lowest BCUT2D eigenvalue weighted by Crippen LogP contribution is -2.44. The van der Waals surface area contributed by atoms with Gasteiger partial charge in [0, 0.05) is 24.8 Å². The molecule has 1 saturated carbocycles. The standard InChI is InChI=1S/C21H21F2N3O3S.ClH/c22-15-4-3-14(10-16(15)23)25-17-11-24-20(19-13-2-1-12(9-13)18(17)19)21(27)26-5-7-30(28,29)8-6-26;/h3-4,10-13,25H,1-2,5-9H2;1H. The Kier molecular flexibility index (Phi) is 5.68. The summed E-state index contributed by atoms with van der Waals surface area (Å²) in [7, 11) is -3.08. The summed E-state index contributed by atoms with van der Waals surface area (Å²) in [6, 6.07) is 3.63. The van der Waals surface area contributed by atoms with Crippen molar-refractivity contribution < 1.29 is 22.0 Å². The number of pyridine rings is 1. The van der Waals surface area contributed by atoms with Gasteiger partial charge in [-0.05, 0) is 54.4 Å². The summed E-state index contributed by atoms with van der Waals surface area (Å²) in [4.78, 5) is 19.2. The number of carbonyl (C=O) groups is 1. The molecule has 3 aliphatic rings. The molecule has 2 fully saturated rings. The van der Waals surface area contributed by atoms with E-state index in [2.05, 4.69) is 10.3 Å². The molecule has 1 amide bonds. The highest BCUT2D eigenvalue weighted by atomic mass is 35.5. The Balaban J connectivity index is 0.00000231. The summed E-state index contributed by atoms with van der Waals surface area (Å²) in [5.41, 5.74) is 3.48. The highest BCUT2D eigenvalue weighted by molar-refractivity contribution is 7.91. The fourth-order valence-electron chi connectivity index (χ4n) is 4.96. The van der Waals surface area contributed by atoms with Crippen LogP contribution in [0.15, 0.2) is 24.4 Å². The molecule has 1 saturated heterocycles. The van der Waals surface area contributed by atoms with Crippen molar-refractivity contribution in [3.05, 3.63) is 52.9 Å². The van der Waals surface area contributed by atoms with Gasteiger partial charge in [-0.15, -0.1) is 12.4 Å². The van der Waals surface area contributed by atoms with Gasteiger partial charge in [0.25, 0.3) is 5.91 Å². The fraction of sp³-hybridized carbons (Fsp3) is 0.429. The molecular weight excluding hydrogens is 448 g/mol. The van der Waals surface area contributed by atoms with Crippen LogP contribution in [-0.2, 0) is 9.84 Å². The Bertz CT molecular complexity index is 1140. The number of hydrogen-bond donors (Lipinski definition) is 1. The Morgan fingerprint density at radius 2 is 1.74 bits per heavy atom. The van der Waals surface area contributed by atoms with E-state index >= 15 is 0 Å². The van der Waals surface area contributed by atoms with Gasteiger partial charge >= 0.3 is 0 Å². The summed E-state index contributed by atoms with van der Waals surface area (Å²) in [5, 5.41) is 3.14. The van der Waals surface area contributed by atoms with Crippen LogP contribution >= 0.6 is 12.4 Å². The first-order valence-electron chi connectivity index (χ1n) is 10.1. The van der Waals surface area contributed by atoms with Crippen LogP contribution in [0, 0.1) is 11.6 Å². The molecule has 1 aromatic heterocycles. The number of aromatic nitrogens is 1. The van der Waals surface area contributed by atoms with Crippen LogP contribution in [0.25, 0.3) is 0 Å². The lowest BCUT2D eigenvalue weighted by Gasteiger charge is -2.28. The van der Waals surface area contributed by atoms with Gasteiger partial charge in [0.2, 0.25) is 0 Å². The van der Waals surface area contributed by atoms with Crippen LogP contribution in [0.2, 0.25) is 0 Å². The van der Waals surface area contributed by atoms with Crippen LogP contribution in [0.4, 0.5) is 20.2 Å². The third kappa shape index (κ3) is 3.89. The van der Waals surface area contributed by atoms with Crippen molar-refractivity contribution in [3.8, 4) is 0 Å². The van der Waals surface area contributed by atoms with Crippen molar-refractivity contribution in [1.29, 1.82) is 0 Å². The molecule has 31 heavy (non-hydrogen) atoms. The molecule has 1 N–H and O–H groups in total. The van der Waals surface area contributed by atoms with Crippen molar-refractivity contribution in [2.24, 2.45) is 0 Å². The maximum absolute atomic E-state index is 13.6. The van der Waals surface area contributed by atoms with E-state index in [1.165, 1.54) is 6.07 Å². The predicted molar refractivity (Wildman–Crippen MR) is 115 cm³/mol. The number of fused-ring (bicyclic) bond motifs is 5. The molecule has 0 radical (unpaired) electrons. The van der Waals surface area contributed by atoms with E-state index in [4.69, 9.17) is 0 Å². The third-order valence-corrected chi connectivity index (χ3v) is 8.05. The van der Waals surface area contributed by atoms with Crippen molar-refractivity contribution >= 4 is 39.5 Å². The van der Waals surface area contributed by atoms with Crippen molar-refractivity contribution in [3.63, 3.8) is 0 Å². The average molecular weight is 470 g/mol. The largest absolute Gasteiger partial charge is 0.354 e. The predicted octanol–water partition coefficient (Wildman–Crippen LogP) is 3.76. The summed E-state index contributed by atoms with van der Waals surface area (Å²) >= 11 is 0. The van der Waals surface area contributed by atoms with Crippen molar-refractivity contribution in [1.82, 2.24) is 9.88 Å². The number of halogens is 3. The summed E-state index contributed by atoms with van der Waals surface area (Å²) in [6.07, 6.45) is 4.53. The second-order valence-electron chi connectivity index (χ2n) is 8.25. The fourth-order valence-corrected chi connectivity index (χ4v) is 6.17. The third-order valence-electron chi connectivity index (χ3n) is 6.44. The molecule has 1 aromatic carbocycles. The summed E-state index contributed by atoms with van der Waals surface area (Å²) < 4.78 is 50.3. The highest BCUT2D eigenvalue weighted by Gasteiger charge is 2.42. The van der Waals surface area contributed by atoms with E-state index in [1.807, 2.05) is 0 Å². The molecule has 2 aliphatic carbocycles. The number of rotatable bonds is 3. The van der Waals surface area contributed by atoms with E-state index in [0.29, 0.717) is 23.0 Å². The zero-order valence-electron chi connectivity index (χ0n) is 16.6. The lowest BCUT2D eigenvalue weighted by atomic mass is 9.89. The molecule has 0 spiro atoms. The molecule has 2 bridgehead atoms. The van der Waals surface area contributed by atoms with Crippen molar-refractivity contribution in [2.45, 2.75) is 31.1 Å². The number of sulfone groups is 1. The van der Waals surface area contributed by atoms with Gasteiger partial charge in [-0.1, -0.05) is 0 Å². The maximum Gasteiger partial charge on any atom is 0.272 e. The highest BCUT2D eigenvalue weighted by Crippen LogP contribution is 2.56. The molecule has 6 nitrogen and oxygen atoms in total. The van der Waals surface area contributed by atoms with Crippen molar-refractivity contribution in [2.75, 3.05) is 29.9 Å². The number of nitrogens with zero attached hydrogens (tertiary/aromatic N) is 2. The number of anilines is 2. The van der Waals surface area contributed by atoms with Crippen LogP contribution < -0.4 is 5.32 Å². The molecular formula is C21H22ClF2N3O3S. The van der Waals surface area contributed by atoms with Gasteiger partial charge in [0.1, 0.15) is 5.69 Å². The van der Waals surface area contributed by atoms with Crippen LogP contribution in [0.5, 0.6) is 0 Å². The second kappa shape index (κ2) is 8.02. The monoisotopic (exact) mass is 469 g/mol. The summed E-state index contributed by atoms with van der Waals surface area (Å²) in [6.45, 7) is 0.362. The molecule has 166 valence electrons. The molecule has 2 aromatic rings. The minimum atomic E-state index is -3.08. The number of benzene rings is 1. The van der Waals surface area contributed by atoms with Gasteiger partial charge in [-0.2, -0.15) is 0 Å². The Labute approximate surface area is 185 Å². The van der Waals surface area contributed by atoms with Crippen LogP contribution in [-0.4, -0.2) is 48.8 Å². The first-order chi connectivity index (χ1) is 14.3. The number of amides is 1. The quantitative estimate of drug-likeness (QED) is 0.740. The minimum absolute atomic E-state index is 0. The number of nitrogens with one attached hydrogen (secondary N) is 1. The maximum atomic E-state index is 13.6. The van der Waals surface area contributed by atoms with E-state index in [9.17, 15) is 22.0 Å². The first-order valence-corrected chi connectivity index (χ1v) is 11.9. The molecule has 2 heterocycles. The van der Waals surface area contributed by atoms with Gasteiger partial charge < -0.3 is 10.2 Å². The average Bonchev–Trinajstić information content (AvgIpc) is 3.33. The normalized spacial score (nSPS) is 23.2. The Morgan fingerprint density at radius 3 is 2.42 bits per heavy atom. The van der Waals surface area contributed by atoms with Crippen LogP contribution in [0.1, 0.15) is 52.7 Å². The Hall–Kier alpha value is -2.26. The zero-order chi connectivity index (χ0) is 21.0. The zero-order valence-corrected chi connectivity index (χ0v) is 18.2. The van der Waals surface area contributed by atoms with E-state index < -0.39 is 21.5 Å². The van der Waals surface area contributed by atoms with Gasteiger partial charge in [0.15, 0.2) is 21.5 Å². The molecule has 2 unspecified atom stereocenters. The Morgan fingerprint density at radius 1 is 1.06 bits per heavy atom. The second-order valence-corrected chi connectivity index (χ2v) is 10.6.